The summed E-state index contributed by atoms with van der Waals surface area (Å²) in [6.45, 7) is 10.5. The Kier molecular flexibility index (Phi) is 2.51. The Bertz CT molecular complexity index is 333. The maximum atomic E-state index is 9.95. The summed E-state index contributed by atoms with van der Waals surface area (Å²) in [5, 5.41) is 9.95. The molecule has 2 saturated carbocycles. The summed E-state index contributed by atoms with van der Waals surface area (Å²) < 4.78 is 12.3. The lowest BCUT2D eigenvalue weighted by Crippen LogP contribution is -2.47. The SMILES string of the molecule is CC1(C)COC2(C[C@]3(C)CC(O)C[C@]3(C)C2)OC1. The maximum absolute atomic E-state index is 9.95. The van der Waals surface area contributed by atoms with Crippen LogP contribution in [0.5, 0.6) is 0 Å². The minimum Gasteiger partial charge on any atom is -0.393 e. The molecule has 0 amide bonds. The highest BCUT2D eigenvalue weighted by Crippen LogP contribution is 2.67. The molecule has 1 aliphatic heterocycles. The van der Waals surface area contributed by atoms with E-state index in [2.05, 4.69) is 27.7 Å². The largest absolute Gasteiger partial charge is 0.393 e. The molecule has 3 nitrogen and oxygen atoms in total. The number of hydrogen-bond donors (Lipinski definition) is 1. The van der Waals surface area contributed by atoms with Crippen LogP contribution in [0, 0.1) is 16.2 Å². The van der Waals surface area contributed by atoms with E-state index in [1.165, 1.54) is 0 Å². The molecule has 1 spiro atoms. The van der Waals surface area contributed by atoms with E-state index in [9.17, 15) is 5.11 Å². The Morgan fingerprint density at radius 1 is 0.889 bits per heavy atom. The van der Waals surface area contributed by atoms with Gasteiger partial charge in [-0.2, -0.15) is 0 Å². The van der Waals surface area contributed by atoms with Gasteiger partial charge < -0.3 is 14.6 Å². The fourth-order valence-corrected chi connectivity index (χ4v) is 4.37. The molecule has 0 aromatic rings. The summed E-state index contributed by atoms with van der Waals surface area (Å²) in [4.78, 5) is 0. The number of aliphatic hydroxyl groups excluding tert-OH is 1. The molecule has 1 unspecified atom stereocenters. The molecule has 104 valence electrons. The first-order valence-corrected chi connectivity index (χ1v) is 7.14. The normalized spacial score (nSPS) is 49.5. The van der Waals surface area contributed by atoms with E-state index in [0.29, 0.717) is 0 Å². The zero-order valence-electron chi connectivity index (χ0n) is 12.1. The zero-order valence-corrected chi connectivity index (χ0v) is 12.1. The predicted octanol–water partition coefficient (Wildman–Crippen LogP) is 2.72. The average Bonchev–Trinajstić information content (AvgIpc) is 2.53. The summed E-state index contributed by atoms with van der Waals surface area (Å²) >= 11 is 0. The predicted molar refractivity (Wildman–Crippen MR) is 69.1 cm³/mol. The first-order valence-electron chi connectivity index (χ1n) is 7.14. The van der Waals surface area contributed by atoms with Crippen molar-refractivity contribution in [3.05, 3.63) is 0 Å². The van der Waals surface area contributed by atoms with Crippen LogP contribution in [0.15, 0.2) is 0 Å². The number of rotatable bonds is 0. The van der Waals surface area contributed by atoms with Crippen LogP contribution in [-0.4, -0.2) is 30.2 Å². The van der Waals surface area contributed by atoms with Gasteiger partial charge in [-0.05, 0) is 23.7 Å². The maximum Gasteiger partial charge on any atom is 0.169 e. The second kappa shape index (κ2) is 3.50. The zero-order chi connectivity index (χ0) is 13.2. The van der Waals surface area contributed by atoms with Gasteiger partial charge in [0, 0.05) is 18.3 Å². The Morgan fingerprint density at radius 3 is 1.78 bits per heavy atom. The molecule has 3 rings (SSSR count). The lowest BCUT2D eigenvalue weighted by molar-refractivity contribution is -0.300. The molecule has 1 saturated heterocycles. The van der Waals surface area contributed by atoms with Gasteiger partial charge in [-0.3, -0.25) is 0 Å². The highest BCUT2D eigenvalue weighted by molar-refractivity contribution is 5.11. The van der Waals surface area contributed by atoms with Crippen LogP contribution in [0.4, 0.5) is 0 Å². The number of fused-ring (bicyclic) bond motifs is 1. The van der Waals surface area contributed by atoms with Crippen molar-refractivity contribution in [1.82, 2.24) is 0 Å². The van der Waals surface area contributed by atoms with Gasteiger partial charge in [0.1, 0.15) is 0 Å². The van der Waals surface area contributed by atoms with Crippen molar-refractivity contribution < 1.29 is 14.6 Å². The van der Waals surface area contributed by atoms with Gasteiger partial charge in [-0.1, -0.05) is 27.7 Å². The van der Waals surface area contributed by atoms with Crippen LogP contribution in [0.25, 0.3) is 0 Å². The molecule has 1 heterocycles. The minimum absolute atomic E-state index is 0.129. The van der Waals surface area contributed by atoms with Gasteiger partial charge in [0.05, 0.1) is 19.3 Å². The van der Waals surface area contributed by atoms with Crippen LogP contribution >= 0.6 is 0 Å². The van der Waals surface area contributed by atoms with Gasteiger partial charge in [0.25, 0.3) is 0 Å². The fraction of sp³-hybridized carbons (Fsp3) is 1.00. The highest BCUT2D eigenvalue weighted by Gasteiger charge is 2.65. The van der Waals surface area contributed by atoms with Crippen molar-refractivity contribution in [2.45, 2.75) is 65.3 Å². The molecular formula is C15H26O3. The third-order valence-electron chi connectivity index (χ3n) is 5.60. The van der Waals surface area contributed by atoms with E-state index in [1.54, 1.807) is 0 Å². The summed E-state index contributed by atoms with van der Waals surface area (Å²) in [6, 6.07) is 0. The summed E-state index contributed by atoms with van der Waals surface area (Å²) in [7, 11) is 0. The summed E-state index contributed by atoms with van der Waals surface area (Å²) in [5.41, 5.74) is 0.450. The van der Waals surface area contributed by atoms with Crippen LogP contribution in [0.1, 0.15) is 53.4 Å². The fourth-order valence-electron chi connectivity index (χ4n) is 4.37. The van der Waals surface area contributed by atoms with Crippen molar-refractivity contribution in [2.24, 2.45) is 16.2 Å². The first kappa shape index (κ1) is 12.9. The number of ether oxygens (including phenoxy) is 2. The molecule has 0 radical (unpaired) electrons. The van der Waals surface area contributed by atoms with Crippen LogP contribution < -0.4 is 0 Å². The Hall–Kier alpha value is -0.120. The Balaban J connectivity index is 1.80. The van der Waals surface area contributed by atoms with E-state index in [-0.39, 0.29) is 28.1 Å². The number of hydrogen-bond acceptors (Lipinski definition) is 3. The second-order valence-corrected chi connectivity index (χ2v) is 8.19. The van der Waals surface area contributed by atoms with E-state index < -0.39 is 0 Å². The molecule has 0 bridgehead atoms. The Labute approximate surface area is 110 Å². The standard InChI is InChI=1S/C15H26O3/c1-12(2)9-17-15(18-10-12)7-13(3)5-11(16)6-14(13,4)8-15/h11,16H,5-10H2,1-4H3/t11?,13-,14+. The molecule has 2 aliphatic carbocycles. The lowest BCUT2D eigenvalue weighted by Gasteiger charge is -2.42. The third kappa shape index (κ3) is 1.75. The van der Waals surface area contributed by atoms with Crippen molar-refractivity contribution in [3.63, 3.8) is 0 Å². The average molecular weight is 254 g/mol. The van der Waals surface area contributed by atoms with E-state index in [1.807, 2.05) is 0 Å². The molecule has 3 fully saturated rings. The van der Waals surface area contributed by atoms with Gasteiger partial charge in [-0.15, -0.1) is 0 Å². The monoisotopic (exact) mass is 254 g/mol. The van der Waals surface area contributed by atoms with Gasteiger partial charge in [-0.25, -0.2) is 0 Å². The Morgan fingerprint density at radius 2 is 1.33 bits per heavy atom. The third-order valence-corrected chi connectivity index (χ3v) is 5.60. The smallest absolute Gasteiger partial charge is 0.169 e. The molecule has 1 N–H and O–H groups in total. The molecular weight excluding hydrogens is 228 g/mol. The molecule has 0 aromatic heterocycles. The molecule has 3 atom stereocenters. The van der Waals surface area contributed by atoms with Crippen molar-refractivity contribution in [3.8, 4) is 0 Å². The minimum atomic E-state index is -0.376. The van der Waals surface area contributed by atoms with Crippen LogP contribution in [0.2, 0.25) is 0 Å². The van der Waals surface area contributed by atoms with E-state index >= 15 is 0 Å². The highest BCUT2D eigenvalue weighted by atomic mass is 16.7. The molecule has 3 heteroatoms. The van der Waals surface area contributed by atoms with Crippen LogP contribution in [0.3, 0.4) is 0 Å². The van der Waals surface area contributed by atoms with Gasteiger partial charge in [0.15, 0.2) is 5.79 Å². The van der Waals surface area contributed by atoms with E-state index in [4.69, 9.17) is 9.47 Å². The molecule has 3 aliphatic rings. The van der Waals surface area contributed by atoms with Gasteiger partial charge >= 0.3 is 0 Å². The molecule has 0 aromatic carbocycles. The lowest BCUT2D eigenvalue weighted by atomic mass is 9.71. The quantitative estimate of drug-likeness (QED) is 0.722. The van der Waals surface area contributed by atoms with Crippen molar-refractivity contribution in [1.29, 1.82) is 0 Å². The summed E-state index contributed by atoms with van der Waals surface area (Å²) in [5.74, 6) is -0.376. The van der Waals surface area contributed by atoms with Crippen molar-refractivity contribution >= 4 is 0 Å². The topological polar surface area (TPSA) is 38.7 Å². The van der Waals surface area contributed by atoms with E-state index in [0.717, 1.165) is 38.9 Å². The first-order chi connectivity index (χ1) is 8.18. The number of aliphatic hydroxyl groups is 1. The second-order valence-electron chi connectivity index (χ2n) is 8.19. The summed E-state index contributed by atoms with van der Waals surface area (Å²) in [6.07, 6.45) is 3.51. The van der Waals surface area contributed by atoms with Crippen LogP contribution in [-0.2, 0) is 9.47 Å². The molecule has 18 heavy (non-hydrogen) atoms. The van der Waals surface area contributed by atoms with Gasteiger partial charge in [0.2, 0.25) is 0 Å². The van der Waals surface area contributed by atoms with Crippen molar-refractivity contribution in [2.75, 3.05) is 13.2 Å².